The molecule has 10 aromatic rings. The first kappa shape index (κ1) is 21.5. The Morgan fingerprint density at radius 2 is 1.23 bits per heavy atom. The van der Waals surface area contributed by atoms with Gasteiger partial charge in [-0.3, -0.25) is 0 Å². The van der Waals surface area contributed by atoms with Gasteiger partial charge in [0.05, 0.1) is 36.3 Å². The highest BCUT2D eigenvalue weighted by atomic mass is 32.1. The van der Waals surface area contributed by atoms with Crippen LogP contribution in [0.1, 0.15) is 0 Å². The molecule has 0 aliphatic heterocycles. The van der Waals surface area contributed by atoms with Gasteiger partial charge in [-0.2, -0.15) is 0 Å². The molecule has 0 radical (unpaired) electrons. The van der Waals surface area contributed by atoms with E-state index in [2.05, 4.69) is 101 Å². The molecule has 5 heterocycles. The second-order valence-electron chi connectivity index (χ2n) is 10.2. The van der Waals surface area contributed by atoms with E-state index in [1.807, 2.05) is 40.2 Å². The lowest BCUT2D eigenvalue weighted by atomic mass is 10.0. The normalized spacial score (nSPS) is 12.5. The van der Waals surface area contributed by atoms with Gasteiger partial charge in [0, 0.05) is 58.0 Å². The van der Waals surface area contributed by atoms with Gasteiger partial charge in [-0.15, -0.1) is 34.0 Å². The van der Waals surface area contributed by atoms with E-state index in [0.717, 1.165) is 10.2 Å². The zero-order valence-corrected chi connectivity index (χ0v) is 23.3. The van der Waals surface area contributed by atoms with E-state index in [1.165, 1.54) is 77.9 Å². The summed E-state index contributed by atoms with van der Waals surface area (Å²) in [6.07, 6.45) is 3.65. The third-order valence-corrected chi connectivity index (χ3v) is 11.7. The van der Waals surface area contributed by atoms with E-state index in [0.29, 0.717) is 0 Å². The Kier molecular flexibility index (Phi) is 4.10. The lowest BCUT2D eigenvalue weighted by molar-refractivity contribution is 1.21. The van der Waals surface area contributed by atoms with Crippen molar-refractivity contribution in [3.05, 3.63) is 104 Å². The van der Waals surface area contributed by atoms with Crippen LogP contribution in [-0.2, 0) is 0 Å². The molecule has 40 heavy (non-hydrogen) atoms. The van der Waals surface area contributed by atoms with Crippen LogP contribution in [0.3, 0.4) is 0 Å². The minimum absolute atomic E-state index is 1.05. The Labute approximate surface area is 239 Å². The molecule has 186 valence electrons. The standard InChI is InChI=1S/C34H17N3S3/c1-4-12-22-20(9-1)28-31(37(22)23-13-7-11-19-18-8-2-5-14-24(18)38-32(19)23)34-27(21-10-3-6-15-25(21)39-34)29-30-26(40-33(28)29)16-35-17-36-30/h1-17H. The average molecular weight is 564 g/mol. The van der Waals surface area contributed by atoms with Crippen molar-refractivity contribution in [1.82, 2.24) is 14.5 Å². The van der Waals surface area contributed by atoms with Gasteiger partial charge in [0.2, 0.25) is 0 Å². The first-order chi connectivity index (χ1) is 19.9. The van der Waals surface area contributed by atoms with Crippen molar-refractivity contribution in [3.8, 4) is 5.69 Å². The van der Waals surface area contributed by atoms with Gasteiger partial charge in [0.1, 0.15) is 6.33 Å². The maximum atomic E-state index is 4.82. The zero-order chi connectivity index (χ0) is 25.9. The topological polar surface area (TPSA) is 30.7 Å². The Hall–Kier alpha value is -4.36. The fourth-order valence-electron chi connectivity index (χ4n) is 6.56. The summed E-state index contributed by atoms with van der Waals surface area (Å²) in [7, 11) is 0. The van der Waals surface area contributed by atoms with Gasteiger partial charge >= 0.3 is 0 Å². The lowest BCUT2D eigenvalue weighted by Gasteiger charge is -2.10. The number of para-hydroxylation sites is 1. The highest BCUT2D eigenvalue weighted by molar-refractivity contribution is 7.29. The summed E-state index contributed by atoms with van der Waals surface area (Å²) >= 11 is 5.60. The van der Waals surface area contributed by atoms with Gasteiger partial charge in [-0.1, -0.05) is 66.7 Å². The quantitative estimate of drug-likeness (QED) is 0.199. The fraction of sp³-hybridized carbons (Fsp3) is 0. The summed E-state index contributed by atoms with van der Waals surface area (Å²) in [4.78, 5) is 9.21. The second-order valence-corrected chi connectivity index (χ2v) is 13.3. The van der Waals surface area contributed by atoms with E-state index in [-0.39, 0.29) is 0 Å². The number of nitrogens with zero attached hydrogens (tertiary/aromatic N) is 3. The van der Waals surface area contributed by atoms with Crippen molar-refractivity contribution in [1.29, 1.82) is 0 Å². The molecule has 0 bridgehead atoms. The summed E-state index contributed by atoms with van der Waals surface area (Å²) < 4.78 is 10.2. The van der Waals surface area contributed by atoms with Crippen molar-refractivity contribution >= 4 is 116 Å². The minimum atomic E-state index is 1.05. The summed E-state index contributed by atoms with van der Waals surface area (Å²) in [5.74, 6) is 0. The van der Waals surface area contributed by atoms with Crippen LogP contribution >= 0.6 is 34.0 Å². The average Bonchev–Trinajstić information content (AvgIpc) is 3.75. The van der Waals surface area contributed by atoms with Crippen molar-refractivity contribution in [2.24, 2.45) is 0 Å². The van der Waals surface area contributed by atoms with Crippen molar-refractivity contribution in [2.45, 2.75) is 0 Å². The van der Waals surface area contributed by atoms with Crippen LogP contribution in [0.15, 0.2) is 104 Å². The molecule has 6 heteroatoms. The summed E-state index contributed by atoms with van der Waals surface area (Å²) in [5.41, 5.74) is 4.81. The minimum Gasteiger partial charge on any atom is -0.306 e. The van der Waals surface area contributed by atoms with E-state index in [9.17, 15) is 0 Å². The summed E-state index contributed by atoms with van der Waals surface area (Å²) in [5, 5.41) is 9.08. The predicted molar refractivity (Wildman–Crippen MR) is 175 cm³/mol. The second kappa shape index (κ2) is 7.64. The van der Waals surface area contributed by atoms with Crippen molar-refractivity contribution in [2.75, 3.05) is 0 Å². The SMILES string of the molecule is c1ccc2c(c1)sc1c(-n3c4ccccc4c4c5sc6cncnc6c5c5c6ccccc6sc5c43)cccc12. The monoisotopic (exact) mass is 563 g/mol. The Morgan fingerprint density at radius 1 is 0.525 bits per heavy atom. The van der Waals surface area contributed by atoms with E-state index >= 15 is 0 Å². The van der Waals surface area contributed by atoms with Crippen LogP contribution in [0.2, 0.25) is 0 Å². The first-order valence-corrected chi connectivity index (χ1v) is 15.6. The maximum absolute atomic E-state index is 4.82. The van der Waals surface area contributed by atoms with E-state index in [4.69, 9.17) is 4.98 Å². The molecular formula is C34H17N3S3. The summed E-state index contributed by atoms with van der Waals surface area (Å²) in [6.45, 7) is 0. The lowest BCUT2D eigenvalue weighted by Crippen LogP contribution is -1.94. The number of rotatable bonds is 1. The van der Waals surface area contributed by atoms with Gasteiger partial charge in [-0.25, -0.2) is 9.97 Å². The predicted octanol–water partition coefficient (Wildman–Crippen LogP) is 10.7. The molecule has 0 saturated heterocycles. The number of thiophene rings is 3. The van der Waals surface area contributed by atoms with Crippen LogP contribution in [-0.4, -0.2) is 14.5 Å². The number of hydrogen-bond donors (Lipinski definition) is 0. The van der Waals surface area contributed by atoms with Crippen LogP contribution in [0, 0.1) is 0 Å². The molecule has 0 unspecified atom stereocenters. The molecule has 3 nitrogen and oxygen atoms in total. The molecule has 5 aromatic carbocycles. The molecule has 0 aliphatic carbocycles. The Bertz CT molecular complexity index is 2670. The number of hydrogen-bond acceptors (Lipinski definition) is 5. The first-order valence-electron chi connectivity index (χ1n) is 13.2. The highest BCUT2D eigenvalue weighted by Crippen LogP contribution is 2.52. The largest absolute Gasteiger partial charge is 0.306 e. The van der Waals surface area contributed by atoms with Gasteiger partial charge in [-0.05, 0) is 24.3 Å². The third-order valence-electron chi connectivity index (χ3n) is 8.14. The van der Waals surface area contributed by atoms with E-state index < -0.39 is 0 Å². The third kappa shape index (κ3) is 2.59. The molecular weight excluding hydrogens is 547 g/mol. The molecule has 0 fully saturated rings. The zero-order valence-electron chi connectivity index (χ0n) is 20.9. The van der Waals surface area contributed by atoms with Crippen LogP contribution in [0.25, 0.3) is 88.1 Å². The van der Waals surface area contributed by atoms with Crippen LogP contribution < -0.4 is 0 Å². The number of benzene rings is 5. The molecule has 0 N–H and O–H groups in total. The molecule has 5 aromatic heterocycles. The van der Waals surface area contributed by atoms with Gasteiger partial charge < -0.3 is 4.57 Å². The molecule has 0 amide bonds. The highest BCUT2D eigenvalue weighted by Gasteiger charge is 2.25. The Balaban J connectivity index is 1.54. The number of aromatic nitrogens is 3. The van der Waals surface area contributed by atoms with Gasteiger partial charge in [0.15, 0.2) is 0 Å². The number of fused-ring (bicyclic) bond motifs is 15. The van der Waals surface area contributed by atoms with Crippen molar-refractivity contribution in [3.63, 3.8) is 0 Å². The van der Waals surface area contributed by atoms with E-state index in [1.54, 1.807) is 6.33 Å². The van der Waals surface area contributed by atoms with Crippen LogP contribution in [0.4, 0.5) is 0 Å². The molecule has 10 rings (SSSR count). The molecule has 0 saturated carbocycles. The molecule has 0 atom stereocenters. The Morgan fingerprint density at radius 3 is 2.12 bits per heavy atom. The smallest absolute Gasteiger partial charge is 0.116 e. The maximum Gasteiger partial charge on any atom is 0.116 e. The van der Waals surface area contributed by atoms with Gasteiger partial charge in [0.25, 0.3) is 0 Å². The van der Waals surface area contributed by atoms with Crippen LogP contribution in [0.5, 0.6) is 0 Å². The van der Waals surface area contributed by atoms with Crippen molar-refractivity contribution < 1.29 is 0 Å². The molecule has 0 aliphatic rings. The fourth-order valence-corrected chi connectivity index (χ4v) is 10.2. The summed E-state index contributed by atoms with van der Waals surface area (Å²) in [6, 6.07) is 33.3. The molecule has 0 spiro atoms.